The molecule has 0 spiro atoms. The van der Waals surface area contributed by atoms with Gasteiger partial charge in [0.2, 0.25) is 0 Å². The number of carboxylic acid groups (broad SMARTS) is 1. The van der Waals surface area contributed by atoms with Gasteiger partial charge in [0.25, 0.3) is 5.56 Å². The molecule has 9 heteroatoms. The molecule has 0 aliphatic carbocycles. The lowest BCUT2D eigenvalue weighted by atomic mass is 10.1. The average Bonchev–Trinajstić information content (AvgIpc) is 2.41. The number of carboxylic acids is 1. The molecule has 2 aromatic rings. The Morgan fingerprint density at radius 2 is 1.96 bits per heavy atom. The molecule has 4 nitrogen and oxygen atoms in total. The van der Waals surface area contributed by atoms with Crippen LogP contribution in [0.1, 0.15) is 17.2 Å². The number of aliphatic carboxylic acids is 1. The molecule has 23 heavy (non-hydrogen) atoms. The van der Waals surface area contributed by atoms with Crippen molar-refractivity contribution in [1.29, 1.82) is 0 Å². The van der Waals surface area contributed by atoms with Gasteiger partial charge < -0.3 is 5.11 Å². The van der Waals surface area contributed by atoms with Gasteiger partial charge in [0, 0.05) is 16.7 Å². The van der Waals surface area contributed by atoms with Crippen molar-refractivity contribution in [3.05, 3.63) is 67.5 Å². The topological polar surface area (TPSA) is 59.3 Å². The predicted molar refractivity (Wildman–Crippen MR) is 80.6 cm³/mol. The number of pyridine rings is 1. The maximum Gasteiger partial charge on any atom is 0.418 e. The summed E-state index contributed by atoms with van der Waals surface area (Å²) in [4.78, 5) is 23.5. The maximum absolute atomic E-state index is 12.7. The third-order valence-electron chi connectivity index (χ3n) is 3.01. The van der Waals surface area contributed by atoms with Gasteiger partial charge in [-0.3, -0.25) is 9.36 Å². The molecular weight excluding hydrogens is 403 g/mol. The van der Waals surface area contributed by atoms with E-state index in [9.17, 15) is 27.9 Å². The van der Waals surface area contributed by atoms with Gasteiger partial charge in [-0.15, -0.1) is 0 Å². The van der Waals surface area contributed by atoms with Crippen LogP contribution >= 0.6 is 27.5 Å². The van der Waals surface area contributed by atoms with Crippen LogP contribution in [0, 0.1) is 0 Å². The average molecular weight is 411 g/mol. The zero-order valence-corrected chi connectivity index (χ0v) is 13.5. The summed E-state index contributed by atoms with van der Waals surface area (Å²) in [5.41, 5.74) is -2.21. The van der Waals surface area contributed by atoms with Crippen LogP contribution in [0.25, 0.3) is 0 Å². The van der Waals surface area contributed by atoms with Gasteiger partial charge in [0.15, 0.2) is 6.04 Å². The van der Waals surface area contributed by atoms with Crippen molar-refractivity contribution in [3.63, 3.8) is 0 Å². The molecule has 0 bridgehead atoms. The molecular formula is C14H8BrClF3NO3. The van der Waals surface area contributed by atoms with Crippen molar-refractivity contribution in [2.24, 2.45) is 0 Å². The van der Waals surface area contributed by atoms with Crippen molar-refractivity contribution in [1.82, 2.24) is 4.57 Å². The molecule has 0 fully saturated rings. The van der Waals surface area contributed by atoms with Crippen LogP contribution in [0.3, 0.4) is 0 Å². The molecule has 1 aromatic carbocycles. The minimum atomic E-state index is -4.80. The second-order valence-electron chi connectivity index (χ2n) is 4.57. The first-order chi connectivity index (χ1) is 10.6. The van der Waals surface area contributed by atoms with E-state index in [1.807, 2.05) is 0 Å². The second-order valence-corrected chi connectivity index (χ2v) is 5.90. The summed E-state index contributed by atoms with van der Waals surface area (Å²) in [5, 5.41) is 8.62. The Morgan fingerprint density at radius 3 is 2.48 bits per heavy atom. The number of halogens is 5. The zero-order valence-electron chi connectivity index (χ0n) is 11.1. The van der Waals surface area contributed by atoms with Gasteiger partial charge in [-0.1, -0.05) is 39.7 Å². The van der Waals surface area contributed by atoms with Crippen LogP contribution in [0.5, 0.6) is 0 Å². The smallest absolute Gasteiger partial charge is 0.418 e. The van der Waals surface area contributed by atoms with Crippen molar-refractivity contribution in [2.75, 3.05) is 0 Å². The van der Waals surface area contributed by atoms with E-state index in [0.717, 1.165) is 0 Å². The molecule has 0 saturated carbocycles. The Morgan fingerprint density at radius 1 is 1.30 bits per heavy atom. The highest BCUT2D eigenvalue weighted by atomic mass is 79.9. The fraction of sp³-hybridized carbons (Fsp3) is 0.143. The summed E-state index contributed by atoms with van der Waals surface area (Å²) in [6, 6.07) is 4.88. The normalized spacial score (nSPS) is 12.9. The van der Waals surface area contributed by atoms with E-state index in [1.165, 1.54) is 12.1 Å². The number of benzene rings is 1. The van der Waals surface area contributed by atoms with Gasteiger partial charge in [0.05, 0.1) is 10.6 Å². The first kappa shape index (κ1) is 17.6. The minimum Gasteiger partial charge on any atom is -0.479 e. The van der Waals surface area contributed by atoms with E-state index in [-0.39, 0.29) is 11.6 Å². The van der Waals surface area contributed by atoms with E-state index < -0.39 is 34.3 Å². The summed E-state index contributed by atoms with van der Waals surface area (Å²) in [6.45, 7) is 0. The predicted octanol–water partition coefficient (Wildman–Crippen LogP) is 3.96. The molecule has 0 amide bonds. The van der Waals surface area contributed by atoms with Crippen LogP contribution in [-0.4, -0.2) is 15.6 Å². The number of nitrogens with zero attached hydrogens (tertiary/aromatic N) is 1. The molecule has 1 heterocycles. The number of carbonyl (C=O) groups is 1. The Kier molecular flexibility index (Phi) is 4.86. The number of alkyl halides is 3. The van der Waals surface area contributed by atoms with E-state index in [2.05, 4.69) is 15.9 Å². The largest absolute Gasteiger partial charge is 0.479 e. The third-order valence-corrected chi connectivity index (χ3v) is 3.81. The SMILES string of the molecule is O=C(O)C(c1cccc(Br)c1)n1cc(Cl)c(C(F)(F)F)cc1=O. The van der Waals surface area contributed by atoms with E-state index >= 15 is 0 Å². The molecule has 1 atom stereocenters. The molecule has 122 valence electrons. The van der Waals surface area contributed by atoms with Gasteiger partial charge in [0.1, 0.15) is 0 Å². The van der Waals surface area contributed by atoms with Crippen molar-refractivity contribution >= 4 is 33.5 Å². The van der Waals surface area contributed by atoms with Gasteiger partial charge >= 0.3 is 12.1 Å². The standard InChI is InChI=1S/C14H8BrClF3NO3/c15-8-3-1-2-7(4-8)12(13(22)23)20-6-10(16)9(5-11(20)21)14(17,18)19/h1-6,12H,(H,22,23). The molecule has 1 unspecified atom stereocenters. The molecule has 1 aromatic heterocycles. The first-order valence-electron chi connectivity index (χ1n) is 6.08. The third kappa shape index (κ3) is 3.76. The molecule has 0 aliphatic heterocycles. The lowest BCUT2D eigenvalue weighted by Gasteiger charge is -2.18. The second kappa shape index (κ2) is 6.37. The van der Waals surface area contributed by atoms with E-state index in [0.29, 0.717) is 15.2 Å². The highest BCUT2D eigenvalue weighted by Crippen LogP contribution is 2.34. The quantitative estimate of drug-likeness (QED) is 0.833. The van der Waals surface area contributed by atoms with Crippen LogP contribution in [0.15, 0.2) is 45.8 Å². The van der Waals surface area contributed by atoms with E-state index in [4.69, 9.17) is 11.6 Å². The molecule has 0 saturated heterocycles. The number of rotatable bonds is 3. The lowest BCUT2D eigenvalue weighted by molar-refractivity contribution is -0.139. The zero-order chi connectivity index (χ0) is 17.4. The Balaban J connectivity index is 2.65. The van der Waals surface area contributed by atoms with Gasteiger partial charge in [-0.2, -0.15) is 13.2 Å². The van der Waals surface area contributed by atoms with Crippen LogP contribution in [0.4, 0.5) is 13.2 Å². The fourth-order valence-corrected chi connectivity index (χ4v) is 2.72. The summed E-state index contributed by atoms with van der Waals surface area (Å²) in [5.74, 6) is -1.40. The summed E-state index contributed by atoms with van der Waals surface area (Å²) < 4.78 is 39.4. The van der Waals surface area contributed by atoms with Crippen LogP contribution < -0.4 is 5.56 Å². The Labute approximate surface area is 141 Å². The van der Waals surface area contributed by atoms with Gasteiger partial charge in [-0.25, -0.2) is 4.79 Å². The lowest BCUT2D eigenvalue weighted by Crippen LogP contribution is -2.31. The van der Waals surface area contributed by atoms with Crippen molar-refractivity contribution in [2.45, 2.75) is 12.2 Å². The van der Waals surface area contributed by atoms with E-state index in [1.54, 1.807) is 12.1 Å². The van der Waals surface area contributed by atoms with Crippen LogP contribution in [0.2, 0.25) is 5.02 Å². The first-order valence-corrected chi connectivity index (χ1v) is 7.25. The van der Waals surface area contributed by atoms with Crippen molar-refractivity contribution < 1.29 is 23.1 Å². The minimum absolute atomic E-state index is 0.213. The molecule has 1 N–H and O–H groups in total. The van der Waals surface area contributed by atoms with Gasteiger partial charge in [-0.05, 0) is 17.7 Å². The summed E-state index contributed by atoms with van der Waals surface area (Å²) >= 11 is 8.74. The molecule has 0 radical (unpaired) electrons. The van der Waals surface area contributed by atoms with Crippen molar-refractivity contribution in [3.8, 4) is 0 Å². The Hall–Kier alpha value is -1.80. The molecule has 0 aliphatic rings. The Bertz CT molecular complexity index is 820. The fourth-order valence-electron chi connectivity index (χ4n) is 2.04. The number of aromatic nitrogens is 1. The maximum atomic E-state index is 12.7. The molecule has 2 rings (SSSR count). The highest BCUT2D eigenvalue weighted by molar-refractivity contribution is 9.10. The number of hydrogen-bond acceptors (Lipinski definition) is 2. The summed E-state index contributed by atoms with van der Waals surface area (Å²) in [6.07, 6.45) is -4.11. The monoisotopic (exact) mass is 409 g/mol. The number of hydrogen-bond donors (Lipinski definition) is 1. The highest BCUT2D eigenvalue weighted by Gasteiger charge is 2.35. The summed E-state index contributed by atoms with van der Waals surface area (Å²) in [7, 11) is 0. The van der Waals surface area contributed by atoms with Crippen LogP contribution in [-0.2, 0) is 11.0 Å².